The van der Waals surface area contributed by atoms with Crippen molar-refractivity contribution in [2.24, 2.45) is 0 Å². The molecule has 1 aromatic carbocycles. The van der Waals surface area contributed by atoms with Gasteiger partial charge in [0.05, 0.1) is 0 Å². The lowest BCUT2D eigenvalue weighted by molar-refractivity contribution is 0.0260. The number of nitrogens with one attached hydrogen (secondary N) is 1. The van der Waals surface area contributed by atoms with Gasteiger partial charge < -0.3 is 10.4 Å². The SMILES string of the molecule is CCNC1CC2CCCC(C1)N2CCc1ccc(O)cc1. The highest BCUT2D eigenvalue weighted by Gasteiger charge is 2.37. The number of hydrogen-bond acceptors (Lipinski definition) is 3. The van der Waals surface area contributed by atoms with Crippen LogP contribution < -0.4 is 5.32 Å². The summed E-state index contributed by atoms with van der Waals surface area (Å²) in [5.41, 5.74) is 1.33. The maximum Gasteiger partial charge on any atom is 0.115 e. The van der Waals surface area contributed by atoms with Crippen LogP contribution in [0.5, 0.6) is 5.75 Å². The van der Waals surface area contributed by atoms with Gasteiger partial charge in [-0.05, 0) is 56.3 Å². The normalized spacial score (nSPS) is 29.5. The van der Waals surface area contributed by atoms with Crippen LogP contribution in [0, 0.1) is 0 Å². The van der Waals surface area contributed by atoms with E-state index >= 15 is 0 Å². The van der Waals surface area contributed by atoms with E-state index in [0.717, 1.165) is 31.1 Å². The summed E-state index contributed by atoms with van der Waals surface area (Å²) in [6, 6.07) is 9.99. The van der Waals surface area contributed by atoms with E-state index in [9.17, 15) is 5.11 Å². The highest BCUT2D eigenvalue weighted by atomic mass is 16.3. The lowest BCUT2D eigenvalue weighted by Crippen LogP contribution is -2.56. The van der Waals surface area contributed by atoms with Crippen molar-refractivity contribution in [2.45, 2.75) is 63.6 Å². The van der Waals surface area contributed by atoms with E-state index in [1.54, 1.807) is 12.1 Å². The Morgan fingerprint density at radius 1 is 1.14 bits per heavy atom. The van der Waals surface area contributed by atoms with Crippen LogP contribution in [0.1, 0.15) is 44.6 Å². The van der Waals surface area contributed by atoms with Crippen LogP contribution in [0.2, 0.25) is 0 Å². The summed E-state index contributed by atoms with van der Waals surface area (Å²) in [5.74, 6) is 0.363. The van der Waals surface area contributed by atoms with Crippen molar-refractivity contribution in [1.29, 1.82) is 0 Å². The molecule has 0 aliphatic carbocycles. The van der Waals surface area contributed by atoms with Gasteiger partial charge in [-0.15, -0.1) is 0 Å². The van der Waals surface area contributed by atoms with Gasteiger partial charge in [0.1, 0.15) is 5.75 Å². The van der Waals surface area contributed by atoms with Crippen LogP contribution in [-0.2, 0) is 6.42 Å². The average molecular weight is 288 g/mol. The molecular weight excluding hydrogens is 260 g/mol. The van der Waals surface area contributed by atoms with Crippen LogP contribution >= 0.6 is 0 Å². The van der Waals surface area contributed by atoms with Crippen molar-refractivity contribution < 1.29 is 5.11 Å². The molecule has 3 heteroatoms. The highest BCUT2D eigenvalue weighted by molar-refractivity contribution is 5.26. The van der Waals surface area contributed by atoms with Gasteiger partial charge >= 0.3 is 0 Å². The number of aromatic hydroxyl groups is 1. The van der Waals surface area contributed by atoms with Crippen molar-refractivity contribution in [3.63, 3.8) is 0 Å². The molecule has 2 atom stereocenters. The largest absolute Gasteiger partial charge is 0.508 e. The zero-order valence-electron chi connectivity index (χ0n) is 13.1. The van der Waals surface area contributed by atoms with E-state index in [0.29, 0.717) is 5.75 Å². The van der Waals surface area contributed by atoms with Crippen LogP contribution in [-0.4, -0.2) is 41.2 Å². The molecule has 2 bridgehead atoms. The molecule has 0 aromatic heterocycles. The van der Waals surface area contributed by atoms with Gasteiger partial charge in [0.2, 0.25) is 0 Å². The second-order valence-electron chi connectivity index (χ2n) is 6.62. The maximum atomic E-state index is 9.37. The Morgan fingerprint density at radius 3 is 2.43 bits per heavy atom. The third kappa shape index (κ3) is 3.58. The van der Waals surface area contributed by atoms with Gasteiger partial charge in [-0.2, -0.15) is 0 Å². The van der Waals surface area contributed by atoms with Gasteiger partial charge in [-0.3, -0.25) is 4.90 Å². The Morgan fingerprint density at radius 2 is 1.81 bits per heavy atom. The molecule has 2 N–H and O–H groups in total. The average Bonchev–Trinajstić information content (AvgIpc) is 2.47. The topological polar surface area (TPSA) is 35.5 Å². The number of phenolic OH excluding ortho intramolecular Hbond substituents is 1. The van der Waals surface area contributed by atoms with Crippen molar-refractivity contribution >= 4 is 0 Å². The van der Waals surface area contributed by atoms with Gasteiger partial charge in [0.15, 0.2) is 0 Å². The number of benzene rings is 1. The van der Waals surface area contributed by atoms with E-state index in [1.807, 2.05) is 0 Å². The predicted molar refractivity (Wildman–Crippen MR) is 86.6 cm³/mol. The molecule has 2 fully saturated rings. The number of hydrogen-bond donors (Lipinski definition) is 2. The third-order valence-corrected chi connectivity index (χ3v) is 5.21. The first kappa shape index (κ1) is 14.9. The van der Waals surface area contributed by atoms with Crippen molar-refractivity contribution in [2.75, 3.05) is 13.1 Å². The van der Waals surface area contributed by atoms with Crippen LogP contribution in [0.15, 0.2) is 24.3 Å². The minimum absolute atomic E-state index is 0.363. The smallest absolute Gasteiger partial charge is 0.115 e. The summed E-state index contributed by atoms with van der Waals surface area (Å²) >= 11 is 0. The monoisotopic (exact) mass is 288 g/mol. The molecule has 2 heterocycles. The summed E-state index contributed by atoms with van der Waals surface area (Å²) in [5, 5.41) is 13.0. The minimum atomic E-state index is 0.363. The van der Waals surface area contributed by atoms with Crippen molar-refractivity contribution in [3.8, 4) is 5.75 Å². The highest BCUT2D eigenvalue weighted by Crippen LogP contribution is 2.34. The lowest BCUT2D eigenvalue weighted by Gasteiger charge is -2.49. The summed E-state index contributed by atoms with van der Waals surface area (Å²) in [7, 11) is 0. The molecule has 0 saturated carbocycles. The molecule has 0 spiro atoms. The fourth-order valence-corrected chi connectivity index (χ4v) is 4.22. The molecule has 21 heavy (non-hydrogen) atoms. The fraction of sp³-hybridized carbons (Fsp3) is 0.667. The van der Waals surface area contributed by atoms with Crippen LogP contribution in [0.25, 0.3) is 0 Å². The first-order valence-corrected chi connectivity index (χ1v) is 8.53. The van der Waals surface area contributed by atoms with E-state index in [1.165, 1.54) is 44.2 Å². The number of phenols is 1. The summed E-state index contributed by atoms with van der Waals surface area (Å²) < 4.78 is 0. The standard InChI is InChI=1S/C18H28N2O/c1-2-19-15-12-16-4-3-5-17(13-15)20(16)11-10-14-6-8-18(21)9-7-14/h6-9,15-17,19,21H,2-5,10-13H2,1H3. The fourth-order valence-electron chi connectivity index (χ4n) is 4.22. The molecule has 0 amide bonds. The minimum Gasteiger partial charge on any atom is -0.508 e. The molecule has 2 aliphatic rings. The van der Waals surface area contributed by atoms with E-state index < -0.39 is 0 Å². The molecule has 2 aliphatic heterocycles. The zero-order chi connectivity index (χ0) is 14.7. The van der Waals surface area contributed by atoms with E-state index in [2.05, 4.69) is 29.3 Å². The second kappa shape index (κ2) is 6.80. The van der Waals surface area contributed by atoms with Crippen molar-refractivity contribution in [1.82, 2.24) is 10.2 Å². The molecule has 2 saturated heterocycles. The predicted octanol–water partition coefficient (Wildman–Crippen LogP) is 2.93. The van der Waals surface area contributed by atoms with Crippen LogP contribution in [0.3, 0.4) is 0 Å². The third-order valence-electron chi connectivity index (χ3n) is 5.21. The van der Waals surface area contributed by atoms with Gasteiger partial charge in [-0.1, -0.05) is 25.5 Å². The first-order chi connectivity index (χ1) is 10.3. The lowest BCUT2D eigenvalue weighted by atomic mass is 9.81. The molecular formula is C18H28N2O. The Hall–Kier alpha value is -1.06. The molecule has 3 nitrogen and oxygen atoms in total. The van der Waals surface area contributed by atoms with Gasteiger partial charge in [-0.25, -0.2) is 0 Å². The second-order valence-corrected chi connectivity index (χ2v) is 6.62. The molecule has 0 radical (unpaired) electrons. The van der Waals surface area contributed by atoms with E-state index in [-0.39, 0.29) is 0 Å². The molecule has 1 aromatic rings. The molecule has 2 unspecified atom stereocenters. The quantitative estimate of drug-likeness (QED) is 0.874. The molecule has 3 rings (SSSR count). The number of fused-ring (bicyclic) bond motifs is 2. The van der Waals surface area contributed by atoms with Crippen LogP contribution in [0.4, 0.5) is 0 Å². The Balaban J connectivity index is 1.59. The summed E-state index contributed by atoms with van der Waals surface area (Å²) in [6.07, 6.45) is 7.88. The van der Waals surface area contributed by atoms with Gasteiger partial charge in [0.25, 0.3) is 0 Å². The van der Waals surface area contributed by atoms with E-state index in [4.69, 9.17) is 0 Å². The maximum absolute atomic E-state index is 9.37. The Kier molecular flexibility index (Phi) is 4.81. The summed E-state index contributed by atoms with van der Waals surface area (Å²) in [4.78, 5) is 2.77. The Bertz CT molecular complexity index is 431. The zero-order valence-corrected chi connectivity index (χ0v) is 13.1. The Labute approximate surface area is 128 Å². The number of nitrogens with zero attached hydrogens (tertiary/aromatic N) is 1. The molecule has 116 valence electrons. The number of piperidine rings is 2. The van der Waals surface area contributed by atoms with Crippen molar-refractivity contribution in [3.05, 3.63) is 29.8 Å². The first-order valence-electron chi connectivity index (χ1n) is 8.53. The number of rotatable bonds is 5. The van der Waals surface area contributed by atoms with Gasteiger partial charge in [0, 0.05) is 24.7 Å². The summed E-state index contributed by atoms with van der Waals surface area (Å²) in [6.45, 7) is 4.48.